The van der Waals surface area contributed by atoms with Crippen molar-refractivity contribution in [1.29, 1.82) is 0 Å². The van der Waals surface area contributed by atoms with Crippen LogP contribution in [0.5, 0.6) is 5.75 Å². The lowest BCUT2D eigenvalue weighted by Crippen LogP contribution is -2.19. The summed E-state index contributed by atoms with van der Waals surface area (Å²) in [6.45, 7) is 3.73. The van der Waals surface area contributed by atoms with Crippen LogP contribution in [0, 0.1) is 11.7 Å². The maximum atomic E-state index is 12.6. The third-order valence-electron chi connectivity index (χ3n) is 4.53. The fraction of sp³-hybridized carbons (Fsp3) is 0.318. The number of aromatic nitrogens is 3. The van der Waals surface area contributed by atoms with Crippen molar-refractivity contribution < 1.29 is 9.53 Å². The fourth-order valence-corrected chi connectivity index (χ4v) is 3.13. The van der Waals surface area contributed by atoms with E-state index in [1.807, 2.05) is 69.6 Å². The molecule has 2 aromatic carbocycles. The standard InChI is InChI=1S/C22H27N5O2S/c1-16-5-7-17(8-6-16)21-24-25-22(30)27(21)15-20(28)23-18-9-11-19(12-10-18)29-14-4-13-26(2)3/h5-12H,4,13-15H2,1-3H3,(H,23,28)(H,25,30). The summed E-state index contributed by atoms with van der Waals surface area (Å²) in [5, 5.41) is 9.95. The number of aromatic amines is 1. The molecule has 0 aliphatic heterocycles. The second-order valence-electron chi connectivity index (χ2n) is 7.38. The van der Waals surface area contributed by atoms with Crippen molar-refractivity contribution in [2.24, 2.45) is 0 Å². The molecule has 0 fully saturated rings. The van der Waals surface area contributed by atoms with Crippen LogP contribution < -0.4 is 10.1 Å². The Morgan fingerprint density at radius 2 is 1.87 bits per heavy atom. The molecule has 0 spiro atoms. The molecule has 1 aromatic heterocycles. The van der Waals surface area contributed by atoms with E-state index in [0.29, 0.717) is 22.9 Å². The van der Waals surface area contributed by atoms with E-state index in [-0.39, 0.29) is 12.5 Å². The van der Waals surface area contributed by atoms with E-state index < -0.39 is 0 Å². The van der Waals surface area contributed by atoms with Crippen LogP contribution in [-0.2, 0) is 11.3 Å². The van der Waals surface area contributed by atoms with Crippen molar-refractivity contribution in [3.05, 3.63) is 58.9 Å². The Kier molecular flexibility index (Phi) is 7.37. The number of anilines is 1. The first kappa shape index (κ1) is 21.7. The van der Waals surface area contributed by atoms with E-state index >= 15 is 0 Å². The van der Waals surface area contributed by atoms with E-state index in [1.54, 1.807) is 4.57 Å². The number of H-pyrrole nitrogens is 1. The number of amides is 1. The molecule has 0 saturated heterocycles. The minimum atomic E-state index is -0.180. The summed E-state index contributed by atoms with van der Waals surface area (Å²) < 4.78 is 7.82. The number of hydrogen-bond acceptors (Lipinski definition) is 5. The molecule has 3 aromatic rings. The maximum Gasteiger partial charge on any atom is 0.244 e. The summed E-state index contributed by atoms with van der Waals surface area (Å²) in [5.41, 5.74) is 2.76. The number of nitrogens with one attached hydrogen (secondary N) is 2. The van der Waals surface area contributed by atoms with Crippen LogP contribution >= 0.6 is 12.2 Å². The van der Waals surface area contributed by atoms with E-state index in [9.17, 15) is 4.79 Å². The van der Waals surface area contributed by atoms with Gasteiger partial charge in [-0.2, -0.15) is 5.10 Å². The maximum absolute atomic E-state index is 12.6. The molecule has 1 heterocycles. The molecule has 30 heavy (non-hydrogen) atoms. The van der Waals surface area contributed by atoms with Crippen LogP contribution in [-0.4, -0.2) is 52.8 Å². The van der Waals surface area contributed by atoms with Gasteiger partial charge in [-0.05, 0) is 63.9 Å². The molecular weight excluding hydrogens is 398 g/mol. The van der Waals surface area contributed by atoms with Crippen LogP contribution in [0.2, 0.25) is 0 Å². The van der Waals surface area contributed by atoms with Crippen molar-refractivity contribution in [3.8, 4) is 17.1 Å². The fourth-order valence-electron chi connectivity index (χ4n) is 2.94. The number of rotatable bonds is 9. The largest absolute Gasteiger partial charge is 0.494 e. The molecule has 0 atom stereocenters. The lowest BCUT2D eigenvalue weighted by molar-refractivity contribution is -0.116. The van der Waals surface area contributed by atoms with Gasteiger partial charge in [0.2, 0.25) is 5.91 Å². The van der Waals surface area contributed by atoms with Crippen LogP contribution in [0.3, 0.4) is 0 Å². The van der Waals surface area contributed by atoms with Crippen LogP contribution in [0.4, 0.5) is 5.69 Å². The Morgan fingerprint density at radius 3 is 2.53 bits per heavy atom. The van der Waals surface area contributed by atoms with E-state index in [2.05, 4.69) is 20.4 Å². The highest BCUT2D eigenvalue weighted by atomic mass is 32.1. The zero-order valence-corrected chi connectivity index (χ0v) is 18.3. The van der Waals surface area contributed by atoms with Gasteiger partial charge in [-0.1, -0.05) is 29.8 Å². The van der Waals surface area contributed by atoms with Gasteiger partial charge < -0.3 is 15.0 Å². The van der Waals surface area contributed by atoms with Gasteiger partial charge >= 0.3 is 0 Å². The van der Waals surface area contributed by atoms with Gasteiger partial charge in [0.05, 0.1) is 6.61 Å². The van der Waals surface area contributed by atoms with Crippen LogP contribution in [0.15, 0.2) is 48.5 Å². The average molecular weight is 426 g/mol. The highest BCUT2D eigenvalue weighted by Gasteiger charge is 2.12. The summed E-state index contributed by atoms with van der Waals surface area (Å²) in [7, 11) is 4.08. The van der Waals surface area contributed by atoms with Crippen molar-refractivity contribution >= 4 is 23.8 Å². The van der Waals surface area contributed by atoms with Gasteiger partial charge in [-0.15, -0.1) is 0 Å². The number of aryl methyl sites for hydroxylation is 1. The van der Waals surface area contributed by atoms with E-state index in [4.69, 9.17) is 17.0 Å². The van der Waals surface area contributed by atoms with Crippen molar-refractivity contribution in [3.63, 3.8) is 0 Å². The first-order valence-electron chi connectivity index (χ1n) is 9.82. The zero-order chi connectivity index (χ0) is 21.5. The molecule has 3 rings (SSSR count). The van der Waals surface area contributed by atoms with Gasteiger partial charge in [0.15, 0.2) is 10.6 Å². The van der Waals surface area contributed by atoms with E-state index in [0.717, 1.165) is 29.8 Å². The van der Waals surface area contributed by atoms with Crippen LogP contribution in [0.1, 0.15) is 12.0 Å². The SMILES string of the molecule is Cc1ccc(-c2n[nH]c(=S)n2CC(=O)Nc2ccc(OCCCN(C)C)cc2)cc1. The molecule has 0 bridgehead atoms. The Labute approximate surface area is 181 Å². The minimum Gasteiger partial charge on any atom is -0.494 e. The van der Waals surface area contributed by atoms with Crippen molar-refractivity contribution in [2.75, 3.05) is 32.6 Å². The van der Waals surface area contributed by atoms with Gasteiger partial charge in [0, 0.05) is 17.8 Å². The number of benzene rings is 2. The molecule has 0 aliphatic carbocycles. The quantitative estimate of drug-likeness (QED) is 0.402. The van der Waals surface area contributed by atoms with Crippen molar-refractivity contribution in [2.45, 2.75) is 19.9 Å². The lowest BCUT2D eigenvalue weighted by Gasteiger charge is -2.11. The lowest BCUT2D eigenvalue weighted by atomic mass is 10.1. The number of ether oxygens (including phenoxy) is 1. The molecule has 0 saturated carbocycles. The molecule has 7 nitrogen and oxygen atoms in total. The summed E-state index contributed by atoms with van der Waals surface area (Å²) in [6.07, 6.45) is 0.958. The number of nitrogens with zero attached hydrogens (tertiary/aromatic N) is 3. The van der Waals surface area contributed by atoms with Gasteiger partial charge in [-0.25, -0.2) is 0 Å². The molecule has 0 unspecified atom stereocenters. The topological polar surface area (TPSA) is 75.2 Å². The summed E-state index contributed by atoms with van der Waals surface area (Å²) in [4.78, 5) is 14.7. The molecular formula is C22H27N5O2S. The highest BCUT2D eigenvalue weighted by molar-refractivity contribution is 7.71. The van der Waals surface area contributed by atoms with Gasteiger partial charge in [0.25, 0.3) is 0 Å². The molecule has 0 aliphatic rings. The summed E-state index contributed by atoms with van der Waals surface area (Å²) in [6, 6.07) is 15.3. The van der Waals surface area contributed by atoms with Gasteiger partial charge in [-0.3, -0.25) is 14.5 Å². The average Bonchev–Trinajstić information content (AvgIpc) is 3.07. The minimum absolute atomic E-state index is 0.0708. The third kappa shape index (κ3) is 6.01. The molecule has 1 amide bonds. The predicted octanol–water partition coefficient (Wildman–Crippen LogP) is 3.89. The molecule has 8 heteroatoms. The number of carbonyl (C=O) groups is 1. The number of carbonyl (C=O) groups excluding carboxylic acids is 1. The van der Waals surface area contributed by atoms with Crippen molar-refractivity contribution in [1.82, 2.24) is 19.7 Å². The third-order valence-corrected chi connectivity index (χ3v) is 4.84. The first-order valence-corrected chi connectivity index (χ1v) is 10.2. The summed E-state index contributed by atoms with van der Waals surface area (Å²) in [5.74, 6) is 1.24. The van der Waals surface area contributed by atoms with Gasteiger partial charge in [0.1, 0.15) is 12.3 Å². The second kappa shape index (κ2) is 10.2. The zero-order valence-electron chi connectivity index (χ0n) is 17.5. The normalized spacial score (nSPS) is 10.9. The molecule has 158 valence electrons. The molecule has 2 N–H and O–H groups in total. The predicted molar refractivity (Wildman–Crippen MR) is 121 cm³/mol. The highest BCUT2D eigenvalue weighted by Crippen LogP contribution is 2.19. The Bertz CT molecular complexity index is 1020. The second-order valence-corrected chi connectivity index (χ2v) is 7.77. The molecule has 0 radical (unpaired) electrons. The monoisotopic (exact) mass is 425 g/mol. The van der Waals surface area contributed by atoms with E-state index in [1.165, 1.54) is 0 Å². The number of hydrogen-bond donors (Lipinski definition) is 2. The Morgan fingerprint density at radius 1 is 1.17 bits per heavy atom. The van der Waals surface area contributed by atoms with Crippen LogP contribution in [0.25, 0.3) is 11.4 Å². The Balaban J connectivity index is 1.59. The smallest absolute Gasteiger partial charge is 0.244 e. The summed E-state index contributed by atoms with van der Waals surface area (Å²) >= 11 is 5.31. The Hall–Kier alpha value is -2.97. The first-order chi connectivity index (χ1) is 14.4.